The van der Waals surface area contributed by atoms with E-state index in [4.69, 9.17) is 13.9 Å². The molecule has 2 saturated heterocycles. The van der Waals surface area contributed by atoms with Crippen LogP contribution in [0.1, 0.15) is 5.76 Å². The van der Waals surface area contributed by atoms with E-state index in [0.29, 0.717) is 19.8 Å². The zero-order valence-corrected chi connectivity index (χ0v) is 13.4. The summed E-state index contributed by atoms with van der Waals surface area (Å²) in [5.41, 5.74) is 0. The Morgan fingerprint density at radius 2 is 2.17 bits per heavy atom. The molecule has 0 bridgehead atoms. The van der Waals surface area contributed by atoms with Crippen LogP contribution in [-0.4, -0.2) is 67.2 Å². The summed E-state index contributed by atoms with van der Waals surface area (Å²) in [6, 6.07) is 2.69. The minimum atomic E-state index is -0.626. The number of hydrogen-bond acceptors (Lipinski definition) is 8. The van der Waals surface area contributed by atoms with Gasteiger partial charge in [-0.25, -0.2) is 4.79 Å². The quantitative estimate of drug-likeness (QED) is 0.468. The molecule has 2 aliphatic heterocycles. The molecule has 1 aromatic rings. The van der Waals surface area contributed by atoms with Gasteiger partial charge in [0.05, 0.1) is 25.5 Å². The van der Waals surface area contributed by atoms with Gasteiger partial charge in [-0.3, -0.25) is 25.3 Å². The van der Waals surface area contributed by atoms with E-state index in [9.17, 15) is 14.9 Å². The normalized spacial score (nSPS) is 24.4. The van der Waals surface area contributed by atoms with Crippen LogP contribution < -0.4 is 5.32 Å². The maximum Gasteiger partial charge on any atom is 0.433 e. The van der Waals surface area contributed by atoms with Gasteiger partial charge in [-0.05, 0) is 6.07 Å². The fourth-order valence-electron chi connectivity index (χ4n) is 2.42. The maximum absolute atomic E-state index is 11.4. The third-order valence-electron chi connectivity index (χ3n) is 3.57. The highest BCUT2D eigenvalue weighted by molar-refractivity contribution is 5.85. The van der Waals surface area contributed by atoms with E-state index < -0.39 is 23.3 Å². The number of nitrogens with one attached hydrogen (secondary N) is 1. The van der Waals surface area contributed by atoms with Gasteiger partial charge in [-0.15, -0.1) is 12.4 Å². The highest BCUT2D eigenvalue weighted by Gasteiger charge is 2.35. The highest BCUT2D eigenvalue weighted by Crippen LogP contribution is 2.16. The molecule has 24 heavy (non-hydrogen) atoms. The number of halogens is 1. The van der Waals surface area contributed by atoms with Crippen molar-refractivity contribution in [3.8, 4) is 0 Å². The van der Waals surface area contributed by atoms with Crippen molar-refractivity contribution in [3.63, 3.8) is 0 Å². The molecule has 10 nitrogen and oxygen atoms in total. The lowest BCUT2D eigenvalue weighted by molar-refractivity contribution is -0.402. The zero-order chi connectivity index (χ0) is 16.2. The van der Waals surface area contributed by atoms with Gasteiger partial charge >= 0.3 is 12.0 Å². The van der Waals surface area contributed by atoms with Crippen LogP contribution in [0, 0.1) is 10.1 Å². The van der Waals surface area contributed by atoms with Gasteiger partial charge in [-0.1, -0.05) is 0 Å². The molecular formula is C13H17ClN4O6. The van der Waals surface area contributed by atoms with E-state index in [1.807, 2.05) is 0 Å². The SMILES string of the molecule is Cl.O=C1NC(/N=C/c2ccc([N+](=O)[O-])o2)C(CN2CCOCC2)O1. The first kappa shape index (κ1) is 18.2. The number of alkyl carbamates (subject to hydrolysis) is 1. The van der Waals surface area contributed by atoms with E-state index in [1.165, 1.54) is 18.3 Å². The summed E-state index contributed by atoms with van der Waals surface area (Å²) in [5, 5.41) is 13.2. The lowest BCUT2D eigenvalue weighted by Gasteiger charge is -2.28. The number of cyclic esters (lactones) is 1. The summed E-state index contributed by atoms with van der Waals surface area (Å²) in [5.74, 6) is -0.119. The van der Waals surface area contributed by atoms with Crippen molar-refractivity contribution in [3.05, 3.63) is 28.0 Å². The minimum Gasteiger partial charge on any atom is -0.441 e. The second kappa shape index (κ2) is 8.08. The molecule has 11 heteroatoms. The van der Waals surface area contributed by atoms with Crippen molar-refractivity contribution in [1.29, 1.82) is 0 Å². The van der Waals surface area contributed by atoms with Crippen LogP contribution in [0.3, 0.4) is 0 Å². The van der Waals surface area contributed by atoms with Gasteiger partial charge in [0.15, 0.2) is 18.0 Å². The Bertz CT molecular complexity index is 615. The number of carbonyl (C=O) groups is 1. The number of aliphatic imine (C=N–C) groups is 1. The first-order valence-electron chi connectivity index (χ1n) is 7.16. The summed E-state index contributed by atoms with van der Waals surface area (Å²) < 4.78 is 15.5. The van der Waals surface area contributed by atoms with Crippen molar-refractivity contribution < 1.29 is 23.6 Å². The number of morpholine rings is 1. The average Bonchev–Trinajstić information content (AvgIpc) is 3.13. The summed E-state index contributed by atoms with van der Waals surface area (Å²) in [7, 11) is 0. The Balaban J connectivity index is 0.00000208. The molecule has 0 aromatic carbocycles. The zero-order valence-electron chi connectivity index (χ0n) is 12.6. The largest absolute Gasteiger partial charge is 0.441 e. The fourth-order valence-corrected chi connectivity index (χ4v) is 2.42. The van der Waals surface area contributed by atoms with Crippen LogP contribution >= 0.6 is 12.4 Å². The number of nitro groups is 1. The molecule has 0 radical (unpaired) electrons. The fraction of sp³-hybridized carbons (Fsp3) is 0.538. The summed E-state index contributed by atoms with van der Waals surface area (Å²) in [6.45, 7) is 3.39. The molecular weight excluding hydrogens is 344 g/mol. The molecule has 1 N–H and O–H groups in total. The topological polar surface area (TPSA) is 119 Å². The van der Waals surface area contributed by atoms with E-state index in [2.05, 4.69) is 15.2 Å². The molecule has 132 valence electrons. The van der Waals surface area contributed by atoms with Gasteiger partial charge in [0.1, 0.15) is 4.92 Å². The maximum atomic E-state index is 11.4. The second-order valence-electron chi connectivity index (χ2n) is 5.16. The van der Waals surface area contributed by atoms with Gasteiger partial charge in [-0.2, -0.15) is 0 Å². The van der Waals surface area contributed by atoms with Crippen LogP contribution in [0.4, 0.5) is 10.7 Å². The lowest BCUT2D eigenvalue weighted by atomic mass is 10.2. The highest BCUT2D eigenvalue weighted by atomic mass is 35.5. The van der Waals surface area contributed by atoms with Gasteiger partial charge in [0, 0.05) is 19.6 Å². The monoisotopic (exact) mass is 360 g/mol. The van der Waals surface area contributed by atoms with Gasteiger partial charge in [0.2, 0.25) is 0 Å². The number of hydrogen-bond donors (Lipinski definition) is 1. The van der Waals surface area contributed by atoms with Gasteiger partial charge in [0.25, 0.3) is 0 Å². The Kier molecular flexibility index (Phi) is 6.12. The first-order valence-corrected chi connectivity index (χ1v) is 7.16. The Labute approximate surface area is 143 Å². The molecule has 2 atom stereocenters. The van der Waals surface area contributed by atoms with E-state index >= 15 is 0 Å². The molecule has 3 rings (SSSR count). The Morgan fingerprint density at radius 1 is 1.42 bits per heavy atom. The van der Waals surface area contributed by atoms with Crippen LogP contribution in [0.2, 0.25) is 0 Å². The molecule has 2 aliphatic rings. The predicted molar refractivity (Wildman–Crippen MR) is 84.7 cm³/mol. The number of ether oxygens (including phenoxy) is 2. The molecule has 2 fully saturated rings. The molecule has 0 aliphatic carbocycles. The summed E-state index contributed by atoms with van der Waals surface area (Å²) in [6.07, 6.45) is -0.175. The Hall–Kier alpha value is -2.17. The lowest BCUT2D eigenvalue weighted by Crippen LogP contribution is -2.44. The van der Waals surface area contributed by atoms with Crippen molar-refractivity contribution in [1.82, 2.24) is 10.2 Å². The van der Waals surface area contributed by atoms with Crippen molar-refractivity contribution in [2.45, 2.75) is 12.3 Å². The number of nitrogens with zero attached hydrogens (tertiary/aromatic N) is 3. The van der Waals surface area contributed by atoms with Crippen LogP contribution in [0.15, 0.2) is 21.5 Å². The molecule has 0 saturated carbocycles. The van der Waals surface area contributed by atoms with Gasteiger partial charge < -0.3 is 13.9 Å². The summed E-state index contributed by atoms with van der Waals surface area (Å²) >= 11 is 0. The molecule has 0 spiro atoms. The van der Waals surface area contributed by atoms with E-state index in [-0.39, 0.29) is 24.1 Å². The average molecular weight is 361 g/mol. The molecule has 1 aromatic heterocycles. The first-order chi connectivity index (χ1) is 11.1. The molecule has 3 heterocycles. The molecule has 1 amide bonds. The van der Waals surface area contributed by atoms with E-state index in [1.54, 1.807) is 0 Å². The van der Waals surface area contributed by atoms with Crippen molar-refractivity contribution in [2.24, 2.45) is 4.99 Å². The number of amides is 1. The van der Waals surface area contributed by atoms with E-state index in [0.717, 1.165) is 13.1 Å². The number of carbonyl (C=O) groups excluding carboxylic acids is 1. The molecule has 2 unspecified atom stereocenters. The third kappa shape index (κ3) is 4.43. The number of rotatable bonds is 5. The smallest absolute Gasteiger partial charge is 0.433 e. The van der Waals surface area contributed by atoms with Crippen LogP contribution in [-0.2, 0) is 9.47 Å². The standard InChI is InChI=1S/C13H16N4O6.ClH/c18-13-15-12(10(23-13)8-16-3-5-21-6-4-16)14-7-9-1-2-11(22-9)17(19)20;/h1-2,7,10,12H,3-6,8H2,(H,15,18);1H/b14-7+;. The van der Waals surface area contributed by atoms with Crippen LogP contribution in [0.5, 0.6) is 0 Å². The van der Waals surface area contributed by atoms with Crippen molar-refractivity contribution in [2.75, 3.05) is 32.8 Å². The van der Waals surface area contributed by atoms with Crippen LogP contribution in [0.25, 0.3) is 0 Å². The second-order valence-corrected chi connectivity index (χ2v) is 5.16. The van der Waals surface area contributed by atoms with Crippen molar-refractivity contribution >= 4 is 30.6 Å². The number of furan rings is 1. The summed E-state index contributed by atoms with van der Waals surface area (Å²) in [4.78, 5) is 27.7. The Morgan fingerprint density at radius 3 is 2.83 bits per heavy atom. The third-order valence-corrected chi connectivity index (χ3v) is 3.57. The minimum absolute atomic E-state index is 0. The predicted octanol–water partition coefficient (Wildman–Crippen LogP) is 0.795.